The number of para-hydroxylation sites is 1. The molecule has 3 heteroatoms. The van der Waals surface area contributed by atoms with E-state index >= 15 is 0 Å². The van der Waals surface area contributed by atoms with Crippen molar-refractivity contribution >= 4 is 28.1 Å². The maximum Gasteiger partial charge on any atom is 0.126 e. The first kappa shape index (κ1) is 20.0. The molecule has 1 aromatic heterocycles. The quantitative estimate of drug-likeness (QED) is 0.350. The third kappa shape index (κ3) is 2.93. The van der Waals surface area contributed by atoms with E-state index in [9.17, 15) is 5.11 Å². The van der Waals surface area contributed by atoms with Crippen molar-refractivity contribution in [3.05, 3.63) is 98.7 Å². The molecule has 3 aromatic carbocycles. The summed E-state index contributed by atoms with van der Waals surface area (Å²) in [5, 5.41) is 13.1. The van der Waals surface area contributed by atoms with Gasteiger partial charge in [0, 0.05) is 32.9 Å². The Balaban J connectivity index is 1.89. The molecular formula is C28H26ClNO. The molecule has 0 saturated heterocycles. The van der Waals surface area contributed by atoms with Gasteiger partial charge < -0.3 is 9.67 Å². The average Bonchev–Trinajstić information content (AvgIpc) is 3.11. The van der Waals surface area contributed by atoms with Crippen LogP contribution in [0.5, 0.6) is 5.75 Å². The molecule has 1 N–H and O–H groups in total. The molecule has 0 saturated carbocycles. The number of rotatable bonds is 2. The third-order valence-electron chi connectivity index (χ3n) is 6.96. The Morgan fingerprint density at radius 1 is 0.839 bits per heavy atom. The fraction of sp³-hybridized carbons (Fsp3) is 0.214. The standard InChI is InChI=1S/C28H26ClNO/c1-16-17(2)19(4)28(31)26(18(16)3)22-11-8-12-25-27(22)23-15-20(29)13-14-24(23)30(25)21-9-6-5-7-10-21/h5-7,9-11,13-15,31H,8,12H2,1-4H3. The number of phenols is 1. The molecule has 31 heavy (non-hydrogen) atoms. The van der Waals surface area contributed by atoms with Crippen molar-refractivity contribution in [1.29, 1.82) is 0 Å². The van der Waals surface area contributed by atoms with Crippen molar-refractivity contribution in [2.24, 2.45) is 0 Å². The molecule has 0 spiro atoms. The summed E-state index contributed by atoms with van der Waals surface area (Å²) < 4.78 is 2.36. The second-order valence-corrected chi connectivity index (χ2v) is 8.97. The molecule has 0 fully saturated rings. The molecule has 0 amide bonds. The Morgan fingerprint density at radius 3 is 2.29 bits per heavy atom. The number of aromatic nitrogens is 1. The van der Waals surface area contributed by atoms with Gasteiger partial charge in [-0.3, -0.25) is 0 Å². The van der Waals surface area contributed by atoms with Crippen LogP contribution < -0.4 is 0 Å². The molecular weight excluding hydrogens is 402 g/mol. The number of hydrogen-bond donors (Lipinski definition) is 1. The topological polar surface area (TPSA) is 25.2 Å². The maximum absolute atomic E-state index is 11.2. The summed E-state index contributed by atoms with van der Waals surface area (Å²) in [4.78, 5) is 0. The van der Waals surface area contributed by atoms with Crippen LogP contribution in [0.25, 0.3) is 22.2 Å². The molecule has 1 aliphatic rings. The number of hydrogen-bond acceptors (Lipinski definition) is 1. The van der Waals surface area contributed by atoms with Crippen LogP contribution in [0.15, 0.2) is 54.6 Å². The Bertz CT molecular complexity index is 1350. The van der Waals surface area contributed by atoms with E-state index in [2.05, 4.69) is 67.8 Å². The van der Waals surface area contributed by atoms with Gasteiger partial charge in [-0.1, -0.05) is 35.9 Å². The first-order chi connectivity index (χ1) is 14.9. The summed E-state index contributed by atoms with van der Waals surface area (Å²) in [5.41, 5.74) is 11.3. The van der Waals surface area contributed by atoms with Crippen LogP contribution in [-0.4, -0.2) is 9.67 Å². The molecule has 0 atom stereocenters. The Morgan fingerprint density at radius 2 is 1.55 bits per heavy atom. The first-order valence-electron chi connectivity index (χ1n) is 10.8. The predicted octanol–water partition coefficient (Wildman–Crippen LogP) is 7.60. The van der Waals surface area contributed by atoms with Crippen LogP contribution in [-0.2, 0) is 6.42 Å². The van der Waals surface area contributed by atoms with Gasteiger partial charge in [-0.15, -0.1) is 0 Å². The number of fused-ring (bicyclic) bond motifs is 3. The minimum absolute atomic E-state index is 0.391. The molecule has 2 nitrogen and oxygen atoms in total. The summed E-state index contributed by atoms with van der Waals surface area (Å²) in [6, 6.07) is 16.6. The third-order valence-corrected chi connectivity index (χ3v) is 7.20. The normalized spacial score (nSPS) is 13.4. The number of benzene rings is 3. The van der Waals surface area contributed by atoms with Gasteiger partial charge in [0.25, 0.3) is 0 Å². The van der Waals surface area contributed by atoms with Crippen molar-refractivity contribution < 1.29 is 5.11 Å². The highest BCUT2D eigenvalue weighted by molar-refractivity contribution is 6.31. The highest BCUT2D eigenvalue weighted by atomic mass is 35.5. The van der Waals surface area contributed by atoms with E-state index < -0.39 is 0 Å². The van der Waals surface area contributed by atoms with Gasteiger partial charge >= 0.3 is 0 Å². The fourth-order valence-electron chi connectivity index (χ4n) is 5.03. The summed E-state index contributed by atoms with van der Waals surface area (Å²) in [6.07, 6.45) is 4.17. The lowest BCUT2D eigenvalue weighted by Gasteiger charge is -2.23. The molecule has 1 heterocycles. The monoisotopic (exact) mass is 427 g/mol. The van der Waals surface area contributed by atoms with E-state index in [0.29, 0.717) is 5.75 Å². The van der Waals surface area contributed by atoms with E-state index in [1.54, 1.807) is 0 Å². The van der Waals surface area contributed by atoms with Crippen molar-refractivity contribution in [3.8, 4) is 11.4 Å². The van der Waals surface area contributed by atoms with E-state index in [4.69, 9.17) is 11.6 Å². The summed E-state index contributed by atoms with van der Waals surface area (Å²) >= 11 is 6.47. The number of halogens is 1. The van der Waals surface area contributed by atoms with Gasteiger partial charge in [-0.2, -0.15) is 0 Å². The Kier molecular flexibility index (Phi) is 4.71. The van der Waals surface area contributed by atoms with E-state index in [0.717, 1.165) is 62.3 Å². The van der Waals surface area contributed by atoms with E-state index in [1.807, 2.05) is 19.1 Å². The number of aromatic hydroxyl groups is 1. The first-order valence-corrected chi connectivity index (χ1v) is 11.2. The zero-order valence-corrected chi connectivity index (χ0v) is 19.1. The van der Waals surface area contributed by atoms with Gasteiger partial charge in [0.1, 0.15) is 5.75 Å². The number of nitrogens with zero attached hydrogens (tertiary/aromatic N) is 1. The van der Waals surface area contributed by atoms with Crippen LogP contribution in [0.4, 0.5) is 0 Å². The summed E-state index contributed by atoms with van der Waals surface area (Å²) in [5.74, 6) is 0.391. The van der Waals surface area contributed by atoms with Crippen LogP contribution in [0, 0.1) is 27.7 Å². The lowest BCUT2D eigenvalue weighted by molar-refractivity contribution is 0.468. The Hall–Kier alpha value is -2.97. The molecule has 5 rings (SSSR count). The van der Waals surface area contributed by atoms with Crippen molar-refractivity contribution in [3.63, 3.8) is 0 Å². The fourth-order valence-corrected chi connectivity index (χ4v) is 5.20. The van der Waals surface area contributed by atoms with Gasteiger partial charge in [0.15, 0.2) is 0 Å². The second kappa shape index (κ2) is 7.32. The predicted molar refractivity (Wildman–Crippen MR) is 131 cm³/mol. The van der Waals surface area contributed by atoms with Crippen LogP contribution in [0.2, 0.25) is 5.02 Å². The molecule has 0 unspecified atom stereocenters. The average molecular weight is 428 g/mol. The summed E-state index contributed by atoms with van der Waals surface area (Å²) in [7, 11) is 0. The van der Waals surface area contributed by atoms with Crippen LogP contribution in [0.3, 0.4) is 0 Å². The highest BCUT2D eigenvalue weighted by Gasteiger charge is 2.28. The smallest absolute Gasteiger partial charge is 0.126 e. The second-order valence-electron chi connectivity index (χ2n) is 8.53. The minimum Gasteiger partial charge on any atom is -0.507 e. The van der Waals surface area contributed by atoms with Gasteiger partial charge in [-0.05, 0) is 98.7 Å². The molecule has 1 aliphatic carbocycles. The van der Waals surface area contributed by atoms with E-state index in [1.165, 1.54) is 16.8 Å². The molecule has 4 aromatic rings. The van der Waals surface area contributed by atoms with Gasteiger partial charge in [-0.25, -0.2) is 0 Å². The van der Waals surface area contributed by atoms with Gasteiger partial charge in [0.05, 0.1) is 5.52 Å². The molecule has 0 radical (unpaired) electrons. The Labute approximate surface area is 188 Å². The van der Waals surface area contributed by atoms with Crippen molar-refractivity contribution in [1.82, 2.24) is 4.57 Å². The van der Waals surface area contributed by atoms with E-state index in [-0.39, 0.29) is 0 Å². The largest absolute Gasteiger partial charge is 0.507 e. The maximum atomic E-state index is 11.2. The van der Waals surface area contributed by atoms with Crippen molar-refractivity contribution in [2.45, 2.75) is 40.5 Å². The summed E-state index contributed by atoms with van der Waals surface area (Å²) in [6.45, 7) is 8.36. The van der Waals surface area contributed by atoms with Crippen LogP contribution >= 0.6 is 11.6 Å². The number of phenolic OH excluding ortho intramolecular Hbond substituents is 1. The lowest BCUT2D eigenvalue weighted by atomic mass is 9.83. The zero-order valence-electron chi connectivity index (χ0n) is 18.4. The minimum atomic E-state index is 0.391. The molecule has 0 aliphatic heterocycles. The molecule has 156 valence electrons. The van der Waals surface area contributed by atoms with Gasteiger partial charge in [0.2, 0.25) is 0 Å². The highest BCUT2D eigenvalue weighted by Crippen LogP contribution is 2.46. The lowest BCUT2D eigenvalue weighted by Crippen LogP contribution is -2.08. The molecule has 0 bridgehead atoms. The zero-order chi connectivity index (χ0) is 21.9. The SMILES string of the molecule is Cc1c(C)c(C)c(C2=CCCc3c2c2cc(Cl)ccc2n3-c2ccccc2)c(O)c1C. The number of allylic oxidation sites excluding steroid dienone is 1. The van der Waals surface area contributed by atoms with Crippen molar-refractivity contribution in [2.75, 3.05) is 0 Å². The van der Waals surface area contributed by atoms with Crippen LogP contribution in [0.1, 0.15) is 45.5 Å².